The number of thiophene rings is 1. The molecule has 0 saturated carbocycles. The molecule has 0 aliphatic heterocycles. The molecule has 15 heavy (non-hydrogen) atoms. The van der Waals surface area contributed by atoms with Gasteiger partial charge in [0.15, 0.2) is 0 Å². The molecule has 0 amide bonds. The first-order valence-corrected chi connectivity index (χ1v) is 5.11. The zero-order valence-corrected chi connectivity index (χ0v) is 8.88. The first-order valence-electron chi connectivity index (χ1n) is 4.29. The van der Waals surface area contributed by atoms with Crippen LogP contribution in [-0.2, 0) is 0 Å². The molecule has 0 spiro atoms. The maximum atomic E-state index is 8.72. The van der Waals surface area contributed by atoms with Crippen LogP contribution in [0, 0.1) is 18.3 Å². The second-order valence-corrected chi connectivity index (χ2v) is 4.09. The van der Waals surface area contributed by atoms with Crippen LogP contribution >= 0.6 is 11.3 Å². The van der Waals surface area contributed by atoms with Crippen LogP contribution in [0.3, 0.4) is 0 Å². The van der Waals surface area contributed by atoms with E-state index in [2.05, 4.69) is 16.0 Å². The van der Waals surface area contributed by atoms with E-state index in [9.17, 15) is 0 Å². The van der Waals surface area contributed by atoms with Gasteiger partial charge in [0.2, 0.25) is 0 Å². The zero-order valence-electron chi connectivity index (χ0n) is 8.06. The smallest absolute Gasteiger partial charge is 0.130 e. The third-order valence-corrected chi connectivity index (χ3v) is 3.07. The average molecular weight is 216 g/mol. The number of nitriles is 1. The number of nitrogens with zero attached hydrogens (tertiary/aromatic N) is 3. The van der Waals surface area contributed by atoms with E-state index in [1.54, 1.807) is 6.07 Å². The highest BCUT2D eigenvalue weighted by Gasteiger charge is 2.09. The Morgan fingerprint density at radius 3 is 2.87 bits per heavy atom. The lowest BCUT2D eigenvalue weighted by Gasteiger charge is -2.02. The Bertz CT molecular complexity index is 539. The van der Waals surface area contributed by atoms with Crippen LogP contribution in [0.25, 0.3) is 10.6 Å². The fourth-order valence-electron chi connectivity index (χ4n) is 1.24. The van der Waals surface area contributed by atoms with Crippen LogP contribution < -0.4 is 5.73 Å². The summed E-state index contributed by atoms with van der Waals surface area (Å²) in [7, 11) is 0. The minimum absolute atomic E-state index is 0.479. The van der Waals surface area contributed by atoms with Crippen molar-refractivity contribution in [2.24, 2.45) is 0 Å². The van der Waals surface area contributed by atoms with E-state index in [-0.39, 0.29) is 0 Å². The lowest BCUT2D eigenvalue weighted by molar-refractivity contribution is 1.15. The molecule has 0 aliphatic rings. The molecule has 2 aromatic heterocycles. The molecule has 2 N–H and O–H groups in total. The van der Waals surface area contributed by atoms with Gasteiger partial charge in [-0.15, -0.1) is 11.3 Å². The van der Waals surface area contributed by atoms with Gasteiger partial charge in [0, 0.05) is 5.56 Å². The summed E-state index contributed by atoms with van der Waals surface area (Å²) in [4.78, 5) is 9.68. The number of hydrogen-bond acceptors (Lipinski definition) is 5. The van der Waals surface area contributed by atoms with Gasteiger partial charge < -0.3 is 5.73 Å². The summed E-state index contributed by atoms with van der Waals surface area (Å²) in [5.74, 6) is 0.479. The van der Waals surface area contributed by atoms with E-state index in [1.807, 2.05) is 13.0 Å². The number of aromatic nitrogens is 2. The summed E-state index contributed by atoms with van der Waals surface area (Å²) in [5, 5.41) is 8.72. The van der Waals surface area contributed by atoms with Crippen molar-refractivity contribution in [3.05, 3.63) is 28.9 Å². The van der Waals surface area contributed by atoms with Crippen LogP contribution in [0.15, 0.2) is 18.5 Å². The van der Waals surface area contributed by atoms with E-state index >= 15 is 0 Å². The van der Waals surface area contributed by atoms with Crippen molar-refractivity contribution in [1.82, 2.24) is 9.97 Å². The summed E-state index contributed by atoms with van der Waals surface area (Å²) in [6, 6.07) is 5.74. The standard InChI is InChI=1S/C10H8N4S/c1-6-9(13-5-14-10(6)12)8-3-2-7(4-11)15-8/h2-3,5H,1H3,(H2,12,13,14). The summed E-state index contributed by atoms with van der Waals surface area (Å²) in [6.45, 7) is 1.87. The van der Waals surface area contributed by atoms with Crippen LogP contribution in [0.4, 0.5) is 5.82 Å². The first kappa shape index (κ1) is 9.62. The van der Waals surface area contributed by atoms with Gasteiger partial charge in [-0.2, -0.15) is 5.26 Å². The number of nitrogens with two attached hydrogens (primary N) is 1. The largest absolute Gasteiger partial charge is 0.383 e. The van der Waals surface area contributed by atoms with Crippen LogP contribution in [0.2, 0.25) is 0 Å². The van der Waals surface area contributed by atoms with Gasteiger partial charge in [0.05, 0.1) is 10.6 Å². The predicted molar refractivity (Wildman–Crippen MR) is 59.2 cm³/mol. The molecule has 0 aromatic carbocycles. The lowest BCUT2D eigenvalue weighted by atomic mass is 10.2. The summed E-state index contributed by atoms with van der Waals surface area (Å²) >= 11 is 1.40. The second kappa shape index (κ2) is 3.67. The van der Waals surface area contributed by atoms with Crippen LogP contribution in [0.1, 0.15) is 10.4 Å². The highest BCUT2D eigenvalue weighted by molar-refractivity contribution is 7.16. The van der Waals surface area contributed by atoms with Gasteiger partial charge in [-0.25, -0.2) is 9.97 Å². The minimum atomic E-state index is 0.479. The van der Waals surface area contributed by atoms with Crippen molar-refractivity contribution in [3.63, 3.8) is 0 Å². The molecule has 0 radical (unpaired) electrons. The molecule has 0 aliphatic carbocycles. The second-order valence-electron chi connectivity index (χ2n) is 3.01. The molecular weight excluding hydrogens is 208 g/mol. The molecule has 0 fully saturated rings. The van der Waals surface area contributed by atoms with E-state index in [0.29, 0.717) is 10.7 Å². The Hall–Kier alpha value is -1.93. The van der Waals surface area contributed by atoms with Gasteiger partial charge in [-0.1, -0.05) is 0 Å². The van der Waals surface area contributed by atoms with Crippen molar-refractivity contribution >= 4 is 17.2 Å². The molecule has 2 heterocycles. The minimum Gasteiger partial charge on any atom is -0.383 e. The van der Waals surface area contributed by atoms with Crippen molar-refractivity contribution in [1.29, 1.82) is 5.26 Å². The van der Waals surface area contributed by atoms with E-state index in [0.717, 1.165) is 16.1 Å². The number of rotatable bonds is 1. The number of anilines is 1. The predicted octanol–water partition coefficient (Wildman–Crippen LogP) is 1.97. The zero-order chi connectivity index (χ0) is 10.8. The maximum Gasteiger partial charge on any atom is 0.130 e. The van der Waals surface area contributed by atoms with Gasteiger partial charge in [0.25, 0.3) is 0 Å². The molecule has 0 atom stereocenters. The molecule has 0 bridgehead atoms. The lowest BCUT2D eigenvalue weighted by Crippen LogP contribution is -1.97. The Kier molecular flexibility index (Phi) is 2.35. The average Bonchev–Trinajstić information content (AvgIpc) is 2.70. The number of hydrogen-bond donors (Lipinski definition) is 1. The van der Waals surface area contributed by atoms with Crippen molar-refractivity contribution in [2.75, 3.05) is 5.73 Å². The monoisotopic (exact) mass is 216 g/mol. The third kappa shape index (κ3) is 1.67. The SMILES string of the molecule is Cc1c(N)ncnc1-c1ccc(C#N)s1. The molecule has 2 rings (SSSR count). The quantitative estimate of drug-likeness (QED) is 0.790. The van der Waals surface area contributed by atoms with Gasteiger partial charge >= 0.3 is 0 Å². The fraction of sp³-hybridized carbons (Fsp3) is 0.100. The molecule has 74 valence electrons. The van der Waals surface area contributed by atoms with Crippen LogP contribution in [0.5, 0.6) is 0 Å². The highest BCUT2D eigenvalue weighted by Crippen LogP contribution is 2.29. The third-order valence-electron chi connectivity index (χ3n) is 2.07. The topological polar surface area (TPSA) is 75.6 Å². The highest BCUT2D eigenvalue weighted by atomic mass is 32.1. The molecule has 2 aromatic rings. The van der Waals surface area contributed by atoms with E-state index in [4.69, 9.17) is 11.0 Å². The molecule has 0 saturated heterocycles. The summed E-state index contributed by atoms with van der Waals surface area (Å²) < 4.78 is 0. The van der Waals surface area contributed by atoms with Crippen molar-refractivity contribution in [2.45, 2.75) is 6.92 Å². The molecular formula is C10H8N4S. The van der Waals surface area contributed by atoms with Gasteiger partial charge in [-0.3, -0.25) is 0 Å². The molecule has 0 unspecified atom stereocenters. The van der Waals surface area contributed by atoms with Gasteiger partial charge in [-0.05, 0) is 19.1 Å². The maximum absolute atomic E-state index is 8.72. The molecule has 5 heteroatoms. The summed E-state index contributed by atoms with van der Waals surface area (Å²) in [5.41, 5.74) is 7.34. The Balaban J connectivity index is 2.55. The van der Waals surface area contributed by atoms with Crippen molar-refractivity contribution in [3.8, 4) is 16.6 Å². The first-order chi connectivity index (χ1) is 7.22. The number of nitrogen functional groups attached to an aromatic ring is 1. The van der Waals surface area contributed by atoms with Crippen molar-refractivity contribution < 1.29 is 0 Å². The Morgan fingerprint density at radius 2 is 2.20 bits per heavy atom. The molecule has 4 nitrogen and oxygen atoms in total. The van der Waals surface area contributed by atoms with E-state index in [1.165, 1.54) is 17.7 Å². The Morgan fingerprint density at radius 1 is 1.40 bits per heavy atom. The van der Waals surface area contributed by atoms with Gasteiger partial charge in [0.1, 0.15) is 23.1 Å². The fourth-order valence-corrected chi connectivity index (χ4v) is 2.09. The van der Waals surface area contributed by atoms with Crippen LogP contribution in [-0.4, -0.2) is 9.97 Å². The Labute approximate surface area is 91.0 Å². The summed E-state index contributed by atoms with van der Waals surface area (Å²) in [6.07, 6.45) is 1.43. The van der Waals surface area contributed by atoms with E-state index < -0.39 is 0 Å². The normalized spacial score (nSPS) is 9.87.